The summed E-state index contributed by atoms with van der Waals surface area (Å²) in [5, 5.41) is 11.6. The lowest BCUT2D eigenvalue weighted by atomic mass is 10.2. The van der Waals surface area contributed by atoms with Crippen molar-refractivity contribution < 1.29 is 18.1 Å². The van der Waals surface area contributed by atoms with Crippen molar-refractivity contribution in [2.75, 3.05) is 18.6 Å². The molecule has 2 aromatic carbocycles. The van der Waals surface area contributed by atoms with Crippen LogP contribution in [0, 0.1) is 17.1 Å². The normalized spacial score (nSPS) is 11.4. The highest BCUT2D eigenvalue weighted by atomic mass is 32.2. The standard InChI is InChI=1S/C17H15FN2O3S/c1-24(22)10-9-20-17(21)12-5-7-13(8-6-12)23-16-4-2-3-15(18)14(16)11-19/h2-8H,9-10H2,1H3,(H,20,21). The van der Waals surface area contributed by atoms with E-state index in [4.69, 9.17) is 10.00 Å². The van der Waals surface area contributed by atoms with Crippen LogP contribution in [0.25, 0.3) is 0 Å². The second-order valence-corrected chi connectivity index (χ2v) is 6.44. The Kier molecular flexibility index (Phi) is 6.04. The van der Waals surface area contributed by atoms with Gasteiger partial charge in [0.15, 0.2) is 0 Å². The second-order valence-electron chi connectivity index (χ2n) is 4.88. The molecule has 0 heterocycles. The van der Waals surface area contributed by atoms with Crippen molar-refractivity contribution in [1.82, 2.24) is 5.32 Å². The molecule has 0 bridgehead atoms. The van der Waals surface area contributed by atoms with Crippen LogP contribution in [0.4, 0.5) is 4.39 Å². The maximum absolute atomic E-state index is 13.5. The number of nitrogens with one attached hydrogen (secondary N) is 1. The number of nitriles is 1. The van der Waals surface area contributed by atoms with E-state index in [1.807, 2.05) is 0 Å². The molecule has 0 radical (unpaired) electrons. The first kappa shape index (κ1) is 17.6. The van der Waals surface area contributed by atoms with E-state index in [-0.39, 0.29) is 17.2 Å². The summed E-state index contributed by atoms with van der Waals surface area (Å²) in [5.74, 6) is -0.0538. The maximum atomic E-state index is 13.5. The van der Waals surface area contributed by atoms with E-state index in [0.717, 1.165) is 0 Å². The molecule has 0 fully saturated rings. The Hall–Kier alpha value is -2.72. The SMILES string of the molecule is CS(=O)CCNC(=O)c1ccc(Oc2cccc(F)c2C#N)cc1. The predicted molar refractivity (Wildman–Crippen MR) is 88.9 cm³/mol. The Labute approximate surface area is 141 Å². The van der Waals surface area contributed by atoms with Crippen LogP contribution in [0.5, 0.6) is 11.5 Å². The molecule has 1 unspecified atom stereocenters. The van der Waals surface area contributed by atoms with Crippen LogP contribution in [-0.2, 0) is 10.8 Å². The highest BCUT2D eigenvalue weighted by molar-refractivity contribution is 7.84. The second kappa shape index (κ2) is 8.22. The van der Waals surface area contributed by atoms with Crippen LogP contribution in [0.15, 0.2) is 42.5 Å². The van der Waals surface area contributed by atoms with Gasteiger partial charge < -0.3 is 10.1 Å². The Morgan fingerprint density at radius 2 is 2.00 bits per heavy atom. The number of hydrogen-bond acceptors (Lipinski definition) is 4. The molecular weight excluding hydrogens is 331 g/mol. The first-order valence-corrected chi connectivity index (χ1v) is 8.78. The van der Waals surface area contributed by atoms with Crippen molar-refractivity contribution in [2.45, 2.75) is 0 Å². The number of ether oxygens (including phenoxy) is 1. The van der Waals surface area contributed by atoms with Gasteiger partial charge in [0.2, 0.25) is 0 Å². The third kappa shape index (κ3) is 4.64. The molecule has 2 rings (SSSR count). The van der Waals surface area contributed by atoms with Crippen molar-refractivity contribution in [3.05, 3.63) is 59.4 Å². The van der Waals surface area contributed by atoms with Crippen LogP contribution < -0.4 is 10.1 Å². The number of rotatable bonds is 6. The van der Waals surface area contributed by atoms with Crippen molar-refractivity contribution in [2.24, 2.45) is 0 Å². The van der Waals surface area contributed by atoms with E-state index in [1.165, 1.54) is 18.2 Å². The zero-order valence-electron chi connectivity index (χ0n) is 12.9. The molecule has 2 aromatic rings. The average Bonchev–Trinajstić information content (AvgIpc) is 2.55. The number of carbonyl (C=O) groups excluding carboxylic acids is 1. The summed E-state index contributed by atoms with van der Waals surface area (Å²) in [6.07, 6.45) is 1.57. The van der Waals surface area contributed by atoms with Gasteiger partial charge in [0, 0.05) is 34.9 Å². The lowest BCUT2D eigenvalue weighted by Gasteiger charge is -2.09. The Balaban J connectivity index is 2.05. The molecule has 124 valence electrons. The molecule has 0 aliphatic heterocycles. The number of nitrogens with zero attached hydrogens (tertiary/aromatic N) is 1. The van der Waals surface area contributed by atoms with Crippen molar-refractivity contribution in [1.29, 1.82) is 5.26 Å². The fraction of sp³-hybridized carbons (Fsp3) is 0.176. The molecule has 0 saturated carbocycles. The van der Waals surface area contributed by atoms with Gasteiger partial charge in [0.25, 0.3) is 5.91 Å². The van der Waals surface area contributed by atoms with E-state index in [0.29, 0.717) is 23.6 Å². The molecule has 0 spiro atoms. The van der Waals surface area contributed by atoms with E-state index >= 15 is 0 Å². The summed E-state index contributed by atoms with van der Waals surface area (Å²) in [5.41, 5.74) is 0.246. The summed E-state index contributed by atoms with van der Waals surface area (Å²) < 4.78 is 30.0. The maximum Gasteiger partial charge on any atom is 0.251 e. The van der Waals surface area contributed by atoms with Gasteiger partial charge in [-0.05, 0) is 36.4 Å². The smallest absolute Gasteiger partial charge is 0.251 e. The number of benzene rings is 2. The fourth-order valence-corrected chi connectivity index (χ4v) is 2.30. The Morgan fingerprint density at radius 1 is 1.29 bits per heavy atom. The van der Waals surface area contributed by atoms with Crippen molar-refractivity contribution in [3.8, 4) is 17.6 Å². The lowest BCUT2D eigenvalue weighted by Crippen LogP contribution is -2.27. The van der Waals surface area contributed by atoms with Crippen LogP contribution in [-0.4, -0.2) is 28.7 Å². The van der Waals surface area contributed by atoms with Crippen LogP contribution >= 0.6 is 0 Å². The molecule has 0 aromatic heterocycles. The molecule has 1 amide bonds. The number of halogens is 1. The Morgan fingerprint density at radius 3 is 2.62 bits per heavy atom. The summed E-state index contributed by atoms with van der Waals surface area (Å²) in [6.45, 7) is 0.328. The van der Waals surface area contributed by atoms with Gasteiger partial charge >= 0.3 is 0 Å². The van der Waals surface area contributed by atoms with Gasteiger partial charge in [0.1, 0.15) is 28.9 Å². The molecule has 0 saturated heterocycles. The van der Waals surface area contributed by atoms with Crippen molar-refractivity contribution in [3.63, 3.8) is 0 Å². The number of amides is 1. The van der Waals surface area contributed by atoms with Crippen LogP contribution in [0.1, 0.15) is 15.9 Å². The van der Waals surface area contributed by atoms with E-state index in [9.17, 15) is 13.4 Å². The molecule has 7 heteroatoms. The van der Waals surface area contributed by atoms with Gasteiger partial charge in [-0.3, -0.25) is 9.00 Å². The third-order valence-corrected chi connectivity index (χ3v) is 3.89. The minimum Gasteiger partial charge on any atom is -0.456 e. The minimum absolute atomic E-state index is 0.111. The van der Waals surface area contributed by atoms with Crippen LogP contribution in [0.2, 0.25) is 0 Å². The predicted octanol–water partition coefficient (Wildman–Crippen LogP) is 2.60. The topological polar surface area (TPSA) is 79.2 Å². The third-order valence-electron chi connectivity index (χ3n) is 3.11. The fourth-order valence-electron chi connectivity index (χ4n) is 1.91. The highest BCUT2D eigenvalue weighted by Gasteiger charge is 2.10. The van der Waals surface area contributed by atoms with Crippen LogP contribution in [0.3, 0.4) is 0 Å². The quantitative estimate of drug-likeness (QED) is 0.872. The first-order valence-electron chi connectivity index (χ1n) is 7.06. The minimum atomic E-state index is -0.962. The molecular formula is C17H15FN2O3S. The summed E-state index contributed by atoms with van der Waals surface area (Å²) in [6, 6.07) is 12.1. The Bertz CT molecular complexity index is 800. The zero-order chi connectivity index (χ0) is 17.5. The largest absolute Gasteiger partial charge is 0.456 e. The van der Waals surface area contributed by atoms with Crippen molar-refractivity contribution >= 4 is 16.7 Å². The molecule has 0 aliphatic rings. The van der Waals surface area contributed by atoms with Gasteiger partial charge in [-0.2, -0.15) is 5.26 Å². The van der Waals surface area contributed by atoms with E-state index in [1.54, 1.807) is 36.6 Å². The number of carbonyl (C=O) groups is 1. The average molecular weight is 346 g/mol. The summed E-state index contributed by atoms with van der Waals surface area (Å²) in [7, 11) is -0.962. The first-order chi connectivity index (χ1) is 11.5. The summed E-state index contributed by atoms with van der Waals surface area (Å²) in [4.78, 5) is 11.9. The number of hydrogen-bond donors (Lipinski definition) is 1. The van der Waals surface area contributed by atoms with Gasteiger partial charge in [-0.1, -0.05) is 6.07 Å². The zero-order valence-corrected chi connectivity index (χ0v) is 13.7. The molecule has 24 heavy (non-hydrogen) atoms. The lowest BCUT2D eigenvalue weighted by molar-refractivity contribution is 0.0956. The molecule has 0 aliphatic carbocycles. The van der Waals surface area contributed by atoms with Gasteiger partial charge in [-0.25, -0.2) is 4.39 Å². The van der Waals surface area contributed by atoms with Gasteiger partial charge in [-0.15, -0.1) is 0 Å². The monoisotopic (exact) mass is 346 g/mol. The molecule has 1 N–H and O–H groups in total. The van der Waals surface area contributed by atoms with E-state index < -0.39 is 16.6 Å². The molecule has 1 atom stereocenters. The summed E-state index contributed by atoms with van der Waals surface area (Å²) >= 11 is 0. The van der Waals surface area contributed by atoms with Gasteiger partial charge in [0.05, 0.1) is 0 Å². The molecule has 5 nitrogen and oxygen atoms in total. The highest BCUT2D eigenvalue weighted by Crippen LogP contribution is 2.26. The van der Waals surface area contributed by atoms with E-state index in [2.05, 4.69) is 5.32 Å².